The van der Waals surface area contributed by atoms with Gasteiger partial charge in [0.15, 0.2) is 5.82 Å². The number of ether oxygens (including phenoxy) is 1. The van der Waals surface area contributed by atoms with Crippen LogP contribution in [0, 0.1) is 0 Å². The predicted octanol–water partition coefficient (Wildman–Crippen LogP) is 0.889. The molecule has 1 fully saturated rings. The van der Waals surface area contributed by atoms with Crippen LogP contribution in [0.15, 0.2) is 18.3 Å². The topological polar surface area (TPSA) is 51.4 Å². The van der Waals surface area contributed by atoms with Crippen LogP contribution in [-0.2, 0) is 4.74 Å². The Morgan fingerprint density at radius 2 is 2.43 bits per heavy atom. The molecule has 0 saturated carbocycles. The zero-order valence-corrected chi connectivity index (χ0v) is 8.31. The highest BCUT2D eigenvalue weighted by atomic mass is 16.5. The standard InChI is InChI=1S/C10H15N3O/c1-2-14-8-6-13(7-8)10-9(11)4-3-5-12-10/h3-5,8H,2,6-7,11H2,1H3. The van der Waals surface area contributed by atoms with Crippen molar-refractivity contribution in [2.75, 3.05) is 30.3 Å². The van der Waals surface area contributed by atoms with Crippen molar-refractivity contribution in [1.82, 2.24) is 4.98 Å². The summed E-state index contributed by atoms with van der Waals surface area (Å²) in [5.74, 6) is 0.878. The normalized spacial score (nSPS) is 16.8. The molecule has 76 valence electrons. The van der Waals surface area contributed by atoms with Crippen molar-refractivity contribution in [2.24, 2.45) is 0 Å². The summed E-state index contributed by atoms with van der Waals surface area (Å²) >= 11 is 0. The molecule has 0 aromatic carbocycles. The first-order valence-corrected chi connectivity index (χ1v) is 4.88. The highest BCUT2D eigenvalue weighted by Gasteiger charge is 2.28. The number of hydrogen-bond acceptors (Lipinski definition) is 4. The van der Waals surface area contributed by atoms with Gasteiger partial charge in [-0.3, -0.25) is 0 Å². The zero-order valence-electron chi connectivity index (χ0n) is 8.31. The lowest BCUT2D eigenvalue weighted by Crippen LogP contribution is -2.52. The van der Waals surface area contributed by atoms with E-state index in [1.165, 1.54) is 0 Å². The Morgan fingerprint density at radius 1 is 1.64 bits per heavy atom. The Bertz CT molecular complexity index is 310. The smallest absolute Gasteiger partial charge is 0.151 e. The van der Waals surface area contributed by atoms with Gasteiger partial charge >= 0.3 is 0 Å². The third-order valence-electron chi connectivity index (χ3n) is 2.37. The number of pyridine rings is 1. The predicted molar refractivity (Wildman–Crippen MR) is 56.3 cm³/mol. The molecule has 1 aliphatic heterocycles. The molecule has 2 N–H and O–H groups in total. The van der Waals surface area contributed by atoms with Crippen LogP contribution >= 0.6 is 0 Å². The van der Waals surface area contributed by atoms with Crippen LogP contribution in [0.2, 0.25) is 0 Å². The number of nitrogens with two attached hydrogens (primary N) is 1. The highest BCUT2D eigenvalue weighted by Crippen LogP contribution is 2.25. The van der Waals surface area contributed by atoms with Gasteiger partial charge in [-0.05, 0) is 19.1 Å². The molecule has 14 heavy (non-hydrogen) atoms. The molecule has 0 atom stereocenters. The van der Waals surface area contributed by atoms with Crippen molar-refractivity contribution in [1.29, 1.82) is 0 Å². The molecule has 1 aliphatic rings. The van der Waals surface area contributed by atoms with Gasteiger partial charge in [-0.25, -0.2) is 4.98 Å². The number of hydrogen-bond donors (Lipinski definition) is 1. The van der Waals surface area contributed by atoms with Crippen LogP contribution in [0.5, 0.6) is 0 Å². The third kappa shape index (κ3) is 1.65. The molecule has 4 heteroatoms. The summed E-state index contributed by atoms with van der Waals surface area (Å²) in [5, 5.41) is 0. The van der Waals surface area contributed by atoms with Crippen molar-refractivity contribution in [3.05, 3.63) is 18.3 Å². The molecule has 2 heterocycles. The van der Waals surface area contributed by atoms with Crippen LogP contribution in [0.4, 0.5) is 11.5 Å². The van der Waals surface area contributed by atoms with Crippen LogP contribution in [0.25, 0.3) is 0 Å². The molecule has 2 rings (SSSR count). The molecule has 1 aromatic rings. The average molecular weight is 193 g/mol. The monoisotopic (exact) mass is 193 g/mol. The van der Waals surface area contributed by atoms with E-state index >= 15 is 0 Å². The SMILES string of the molecule is CCOC1CN(c2ncccc2N)C1. The fourth-order valence-electron chi connectivity index (χ4n) is 1.63. The molecule has 1 saturated heterocycles. The number of aromatic nitrogens is 1. The van der Waals surface area contributed by atoms with Gasteiger partial charge in [0.25, 0.3) is 0 Å². The van der Waals surface area contributed by atoms with Crippen LogP contribution < -0.4 is 10.6 Å². The molecule has 4 nitrogen and oxygen atoms in total. The van der Waals surface area contributed by atoms with Gasteiger partial charge in [-0.1, -0.05) is 0 Å². The van der Waals surface area contributed by atoms with Crippen molar-refractivity contribution >= 4 is 11.5 Å². The maximum absolute atomic E-state index is 5.81. The minimum Gasteiger partial charge on any atom is -0.396 e. The second-order valence-corrected chi connectivity index (χ2v) is 3.40. The maximum atomic E-state index is 5.81. The van der Waals surface area contributed by atoms with Gasteiger partial charge in [-0.15, -0.1) is 0 Å². The molecule has 0 aliphatic carbocycles. The van der Waals surface area contributed by atoms with E-state index in [9.17, 15) is 0 Å². The molecule has 0 amide bonds. The molecule has 0 spiro atoms. The van der Waals surface area contributed by atoms with Gasteiger partial charge < -0.3 is 15.4 Å². The van der Waals surface area contributed by atoms with Crippen LogP contribution in [0.3, 0.4) is 0 Å². The van der Waals surface area contributed by atoms with E-state index in [1.807, 2.05) is 19.1 Å². The van der Waals surface area contributed by atoms with Crippen molar-refractivity contribution < 1.29 is 4.74 Å². The zero-order chi connectivity index (χ0) is 9.97. The maximum Gasteiger partial charge on any atom is 0.151 e. The lowest BCUT2D eigenvalue weighted by atomic mass is 10.1. The Hall–Kier alpha value is -1.29. The minimum absolute atomic E-state index is 0.349. The first-order chi connectivity index (χ1) is 6.81. The van der Waals surface area contributed by atoms with E-state index in [4.69, 9.17) is 10.5 Å². The van der Waals surface area contributed by atoms with Gasteiger partial charge in [0.05, 0.1) is 11.8 Å². The summed E-state index contributed by atoms with van der Waals surface area (Å²) in [7, 11) is 0. The summed E-state index contributed by atoms with van der Waals surface area (Å²) in [6, 6.07) is 3.72. The molecular weight excluding hydrogens is 178 g/mol. The van der Waals surface area contributed by atoms with E-state index in [1.54, 1.807) is 6.20 Å². The van der Waals surface area contributed by atoms with Gasteiger partial charge in [0, 0.05) is 25.9 Å². The van der Waals surface area contributed by atoms with Gasteiger partial charge in [-0.2, -0.15) is 0 Å². The Balaban J connectivity index is 1.96. The fourth-order valence-corrected chi connectivity index (χ4v) is 1.63. The summed E-state index contributed by atoms with van der Waals surface area (Å²) < 4.78 is 5.46. The van der Waals surface area contributed by atoms with Crippen LogP contribution in [0.1, 0.15) is 6.92 Å². The fraction of sp³-hybridized carbons (Fsp3) is 0.500. The first-order valence-electron chi connectivity index (χ1n) is 4.88. The lowest BCUT2D eigenvalue weighted by molar-refractivity contribution is 0.0428. The Labute approximate surface area is 83.7 Å². The molecule has 1 aromatic heterocycles. The summed E-state index contributed by atoms with van der Waals surface area (Å²) in [4.78, 5) is 6.37. The van der Waals surface area contributed by atoms with Crippen molar-refractivity contribution in [2.45, 2.75) is 13.0 Å². The largest absolute Gasteiger partial charge is 0.396 e. The summed E-state index contributed by atoms with van der Waals surface area (Å²) in [6.07, 6.45) is 2.11. The molecular formula is C10H15N3O. The number of rotatable bonds is 3. The number of nitrogens with zero attached hydrogens (tertiary/aromatic N) is 2. The van der Waals surface area contributed by atoms with E-state index in [2.05, 4.69) is 9.88 Å². The lowest BCUT2D eigenvalue weighted by Gasteiger charge is -2.39. The molecule has 0 bridgehead atoms. The molecule has 0 unspecified atom stereocenters. The van der Waals surface area contributed by atoms with E-state index in [0.29, 0.717) is 6.10 Å². The second-order valence-electron chi connectivity index (χ2n) is 3.40. The van der Waals surface area contributed by atoms with Crippen LogP contribution in [-0.4, -0.2) is 30.8 Å². The summed E-state index contributed by atoms with van der Waals surface area (Å²) in [5.41, 5.74) is 6.54. The molecule has 0 radical (unpaired) electrons. The van der Waals surface area contributed by atoms with Gasteiger partial charge in [0.1, 0.15) is 0 Å². The quantitative estimate of drug-likeness (QED) is 0.774. The first kappa shape index (κ1) is 9.27. The highest BCUT2D eigenvalue weighted by molar-refractivity contribution is 5.63. The Kier molecular flexibility index (Phi) is 2.54. The Morgan fingerprint density at radius 3 is 3.07 bits per heavy atom. The number of anilines is 2. The third-order valence-corrected chi connectivity index (χ3v) is 2.37. The summed E-state index contributed by atoms with van der Waals surface area (Å²) in [6.45, 7) is 4.58. The van der Waals surface area contributed by atoms with E-state index in [-0.39, 0.29) is 0 Å². The minimum atomic E-state index is 0.349. The van der Waals surface area contributed by atoms with Gasteiger partial charge in [0.2, 0.25) is 0 Å². The van der Waals surface area contributed by atoms with E-state index < -0.39 is 0 Å². The second kappa shape index (κ2) is 3.84. The number of nitrogen functional groups attached to an aromatic ring is 1. The van der Waals surface area contributed by atoms with Crippen molar-refractivity contribution in [3.63, 3.8) is 0 Å². The average Bonchev–Trinajstić information content (AvgIpc) is 2.12. The van der Waals surface area contributed by atoms with E-state index in [0.717, 1.165) is 31.2 Å². The van der Waals surface area contributed by atoms with Crippen molar-refractivity contribution in [3.8, 4) is 0 Å².